The summed E-state index contributed by atoms with van der Waals surface area (Å²) in [4.78, 5) is 26.3. The first-order chi connectivity index (χ1) is 8.59. The van der Waals surface area contributed by atoms with Crippen LogP contribution in [-0.2, 0) is 9.59 Å². The van der Waals surface area contributed by atoms with E-state index in [9.17, 15) is 9.59 Å². The Morgan fingerprint density at radius 2 is 1.83 bits per heavy atom. The topological polar surface area (TPSA) is 49.4 Å². The van der Waals surface area contributed by atoms with Gasteiger partial charge in [-0.1, -0.05) is 32.6 Å². The van der Waals surface area contributed by atoms with Gasteiger partial charge in [-0.25, -0.2) is 0 Å². The number of rotatable bonds is 2. The number of carbonyl (C=O) groups excluding carboxylic acids is 2. The molecule has 18 heavy (non-hydrogen) atoms. The second-order valence-electron chi connectivity index (χ2n) is 5.72. The molecule has 0 aromatic rings. The minimum absolute atomic E-state index is 0.00819. The molecule has 0 aromatic carbocycles. The van der Waals surface area contributed by atoms with Crippen LogP contribution in [0.3, 0.4) is 0 Å². The van der Waals surface area contributed by atoms with E-state index < -0.39 is 5.54 Å². The molecule has 1 unspecified atom stereocenters. The van der Waals surface area contributed by atoms with Gasteiger partial charge in [0.25, 0.3) is 0 Å². The van der Waals surface area contributed by atoms with E-state index in [0.29, 0.717) is 6.42 Å². The van der Waals surface area contributed by atoms with Crippen molar-refractivity contribution in [2.24, 2.45) is 0 Å². The van der Waals surface area contributed by atoms with Gasteiger partial charge in [0.2, 0.25) is 11.8 Å². The van der Waals surface area contributed by atoms with Gasteiger partial charge in [0.1, 0.15) is 5.54 Å². The fourth-order valence-electron chi connectivity index (χ4n) is 3.27. The zero-order valence-electron chi connectivity index (χ0n) is 11.5. The Morgan fingerprint density at radius 1 is 1.22 bits per heavy atom. The summed E-state index contributed by atoms with van der Waals surface area (Å²) in [6.07, 6.45) is 7.65. The van der Waals surface area contributed by atoms with Gasteiger partial charge in [0.15, 0.2) is 0 Å². The van der Waals surface area contributed by atoms with Gasteiger partial charge in [-0.05, 0) is 26.2 Å². The Morgan fingerprint density at radius 3 is 2.39 bits per heavy atom. The molecule has 2 rings (SSSR count). The SMILES string of the molecule is CCC1(C)C(=O)NCC(=O)N1C1CCCCCC1. The molecule has 0 aromatic heterocycles. The van der Waals surface area contributed by atoms with Crippen LogP contribution in [0, 0.1) is 0 Å². The average Bonchev–Trinajstić information content (AvgIpc) is 2.63. The molecule has 4 heteroatoms. The Hall–Kier alpha value is -1.06. The number of carbonyl (C=O) groups is 2. The van der Waals surface area contributed by atoms with Crippen LogP contribution in [0.2, 0.25) is 0 Å². The molecule has 0 spiro atoms. The highest BCUT2D eigenvalue weighted by Gasteiger charge is 2.46. The van der Waals surface area contributed by atoms with Crippen LogP contribution in [-0.4, -0.2) is 34.8 Å². The maximum absolute atomic E-state index is 12.2. The normalized spacial score (nSPS) is 31.1. The van der Waals surface area contributed by atoms with E-state index in [1.165, 1.54) is 25.7 Å². The van der Waals surface area contributed by atoms with Crippen molar-refractivity contribution in [3.63, 3.8) is 0 Å². The molecule has 2 fully saturated rings. The van der Waals surface area contributed by atoms with E-state index >= 15 is 0 Å². The molecule has 2 aliphatic rings. The van der Waals surface area contributed by atoms with Gasteiger partial charge < -0.3 is 10.2 Å². The van der Waals surface area contributed by atoms with Crippen LogP contribution in [0.25, 0.3) is 0 Å². The lowest BCUT2D eigenvalue weighted by molar-refractivity contribution is -0.156. The largest absolute Gasteiger partial charge is 0.345 e. The lowest BCUT2D eigenvalue weighted by Gasteiger charge is -2.47. The van der Waals surface area contributed by atoms with Gasteiger partial charge in [0.05, 0.1) is 6.54 Å². The summed E-state index contributed by atoms with van der Waals surface area (Å²) in [5, 5.41) is 2.73. The Labute approximate surface area is 109 Å². The van der Waals surface area contributed by atoms with Crippen molar-refractivity contribution in [3.8, 4) is 0 Å². The third-order valence-electron chi connectivity index (χ3n) is 4.57. The lowest BCUT2D eigenvalue weighted by atomic mass is 9.89. The predicted molar refractivity (Wildman–Crippen MR) is 70.0 cm³/mol. The zero-order chi connectivity index (χ0) is 13.2. The molecule has 1 aliphatic carbocycles. The first-order valence-corrected chi connectivity index (χ1v) is 7.20. The molecule has 1 atom stereocenters. The smallest absolute Gasteiger partial charge is 0.246 e. The Balaban J connectivity index is 2.24. The molecule has 1 saturated carbocycles. The van der Waals surface area contributed by atoms with E-state index in [1.54, 1.807) is 0 Å². The van der Waals surface area contributed by atoms with Crippen molar-refractivity contribution in [2.75, 3.05) is 6.54 Å². The summed E-state index contributed by atoms with van der Waals surface area (Å²) in [6.45, 7) is 4.07. The minimum Gasteiger partial charge on any atom is -0.345 e. The van der Waals surface area contributed by atoms with Crippen LogP contribution < -0.4 is 5.32 Å². The van der Waals surface area contributed by atoms with Gasteiger partial charge in [0, 0.05) is 6.04 Å². The molecule has 1 N–H and O–H groups in total. The molecule has 1 heterocycles. The van der Waals surface area contributed by atoms with Gasteiger partial charge in [-0.3, -0.25) is 9.59 Å². The number of hydrogen-bond donors (Lipinski definition) is 1. The molecule has 2 amide bonds. The summed E-state index contributed by atoms with van der Waals surface area (Å²) in [7, 11) is 0. The molecule has 4 nitrogen and oxygen atoms in total. The fraction of sp³-hybridized carbons (Fsp3) is 0.857. The molecule has 0 radical (unpaired) electrons. The number of nitrogens with zero attached hydrogens (tertiary/aromatic N) is 1. The number of amides is 2. The van der Waals surface area contributed by atoms with Crippen LogP contribution >= 0.6 is 0 Å². The number of nitrogens with one attached hydrogen (secondary N) is 1. The van der Waals surface area contributed by atoms with Crippen molar-refractivity contribution in [3.05, 3.63) is 0 Å². The lowest BCUT2D eigenvalue weighted by Crippen LogP contribution is -2.68. The summed E-state index contributed by atoms with van der Waals surface area (Å²) in [6, 6.07) is 0.260. The third kappa shape index (κ3) is 2.25. The van der Waals surface area contributed by atoms with Crippen molar-refractivity contribution < 1.29 is 9.59 Å². The van der Waals surface area contributed by atoms with Crippen LogP contribution in [0.5, 0.6) is 0 Å². The van der Waals surface area contributed by atoms with Gasteiger partial charge in [-0.2, -0.15) is 0 Å². The van der Waals surface area contributed by atoms with Crippen molar-refractivity contribution in [1.82, 2.24) is 10.2 Å². The number of hydrogen-bond acceptors (Lipinski definition) is 2. The zero-order valence-corrected chi connectivity index (χ0v) is 11.5. The second-order valence-corrected chi connectivity index (χ2v) is 5.72. The average molecular weight is 252 g/mol. The van der Waals surface area contributed by atoms with Crippen molar-refractivity contribution in [2.45, 2.75) is 70.4 Å². The Bertz CT molecular complexity index is 335. The molecule has 0 bridgehead atoms. The minimum atomic E-state index is -0.648. The van der Waals surface area contributed by atoms with Gasteiger partial charge >= 0.3 is 0 Å². The van der Waals surface area contributed by atoms with Crippen molar-refractivity contribution in [1.29, 1.82) is 0 Å². The van der Waals surface area contributed by atoms with E-state index in [1.807, 2.05) is 18.7 Å². The maximum atomic E-state index is 12.2. The highest BCUT2D eigenvalue weighted by molar-refractivity contribution is 5.97. The quantitative estimate of drug-likeness (QED) is 0.762. The highest BCUT2D eigenvalue weighted by atomic mass is 16.2. The van der Waals surface area contributed by atoms with Crippen LogP contribution in [0.4, 0.5) is 0 Å². The summed E-state index contributed by atoms with van der Waals surface area (Å²) < 4.78 is 0. The predicted octanol–water partition coefficient (Wildman–Crippen LogP) is 1.84. The molecule has 102 valence electrons. The van der Waals surface area contributed by atoms with E-state index in [2.05, 4.69) is 5.32 Å². The third-order valence-corrected chi connectivity index (χ3v) is 4.57. The summed E-state index contributed by atoms with van der Waals surface area (Å²) >= 11 is 0. The number of piperazine rings is 1. The summed E-state index contributed by atoms with van der Waals surface area (Å²) in [5.74, 6) is 0.0969. The van der Waals surface area contributed by atoms with E-state index in [4.69, 9.17) is 0 Å². The monoisotopic (exact) mass is 252 g/mol. The standard InChI is InChI=1S/C14H24N2O2/c1-3-14(2)13(18)15-10-12(17)16(14)11-8-6-4-5-7-9-11/h11H,3-10H2,1-2H3,(H,15,18). The Kier molecular flexibility index (Phi) is 3.93. The molecule has 1 saturated heterocycles. The highest BCUT2D eigenvalue weighted by Crippen LogP contribution is 2.31. The maximum Gasteiger partial charge on any atom is 0.246 e. The van der Waals surface area contributed by atoms with Crippen LogP contribution in [0.1, 0.15) is 58.8 Å². The van der Waals surface area contributed by atoms with Crippen LogP contribution in [0.15, 0.2) is 0 Å². The first-order valence-electron chi connectivity index (χ1n) is 7.20. The molecular formula is C14H24N2O2. The van der Waals surface area contributed by atoms with E-state index in [0.717, 1.165) is 12.8 Å². The first kappa shape index (κ1) is 13.4. The molecular weight excluding hydrogens is 228 g/mol. The second kappa shape index (κ2) is 5.29. The van der Waals surface area contributed by atoms with Gasteiger partial charge in [-0.15, -0.1) is 0 Å². The molecule has 1 aliphatic heterocycles. The van der Waals surface area contributed by atoms with Crippen molar-refractivity contribution >= 4 is 11.8 Å². The fourth-order valence-corrected chi connectivity index (χ4v) is 3.27. The summed E-state index contributed by atoms with van der Waals surface area (Å²) in [5.41, 5.74) is -0.648. The van der Waals surface area contributed by atoms with E-state index in [-0.39, 0.29) is 24.4 Å².